The number of carbonyl (C=O) groups is 1. The van der Waals surface area contributed by atoms with Crippen LogP contribution in [-0.4, -0.2) is 48.5 Å². The van der Waals surface area contributed by atoms with Gasteiger partial charge in [-0.3, -0.25) is 14.5 Å². The molecule has 28 heavy (non-hydrogen) atoms. The van der Waals surface area contributed by atoms with E-state index in [-0.39, 0.29) is 5.56 Å². The predicted octanol–water partition coefficient (Wildman–Crippen LogP) is 2.59. The Balaban J connectivity index is 0.000000696. The van der Waals surface area contributed by atoms with E-state index in [1.54, 1.807) is 32.4 Å². The molecule has 0 unspecified atom stereocenters. The number of aromatic carboxylic acids is 1. The molecule has 2 rings (SSSR count). The molecule has 0 radical (unpaired) electrons. The lowest BCUT2D eigenvalue weighted by atomic mass is 10.1. The Kier molecular flexibility index (Phi) is 8.38. The Hall–Kier alpha value is -3.15. The van der Waals surface area contributed by atoms with E-state index in [1.165, 1.54) is 12.1 Å². The van der Waals surface area contributed by atoms with Crippen molar-refractivity contribution in [3.05, 3.63) is 53.6 Å². The minimum absolute atomic E-state index is 0.230. The normalized spacial score (nSPS) is 11.1. The van der Waals surface area contributed by atoms with Crippen LogP contribution in [0.1, 0.15) is 22.8 Å². The molecule has 10 nitrogen and oxygen atoms in total. The molecule has 0 aliphatic carbocycles. The van der Waals surface area contributed by atoms with Gasteiger partial charge in [-0.05, 0) is 43.3 Å². The van der Waals surface area contributed by atoms with Gasteiger partial charge in [-0.25, -0.2) is 4.79 Å². The smallest absolute Gasteiger partial charge is 0.394 e. The number of ether oxygens (including phenoxy) is 2. The van der Waals surface area contributed by atoms with Crippen LogP contribution in [0, 0.1) is 0 Å². The number of carboxylic acid groups (broad SMARTS) is 1. The maximum Gasteiger partial charge on any atom is 0.394 e. The molecule has 0 aromatic heterocycles. The van der Waals surface area contributed by atoms with Gasteiger partial charge in [0, 0.05) is 11.6 Å². The summed E-state index contributed by atoms with van der Waals surface area (Å²) in [5, 5.41) is 13.2. The standard InChI is InChI=1S/C17H18N2O4.H2O4S/c1-11(15-9-8-14(22-2)10-16(15)23-3)18-19-13-6-4-12(5-7-13)17(20)21;1-5(2,3)4/h4-10,19H,1-3H3,(H,20,21);(H2,1,2,3,4)/b18-11+;. The lowest BCUT2D eigenvalue weighted by Gasteiger charge is -2.10. The quantitative estimate of drug-likeness (QED) is 0.318. The van der Waals surface area contributed by atoms with Gasteiger partial charge in [-0.1, -0.05) is 0 Å². The molecule has 0 fully saturated rings. The SMILES string of the molecule is COc1ccc(/C(C)=N/Nc2ccc(C(=O)O)cc2)c(OC)c1.O=S(=O)(O)O. The van der Waals surface area contributed by atoms with Crippen LogP contribution in [0.5, 0.6) is 11.5 Å². The van der Waals surface area contributed by atoms with Crippen molar-refractivity contribution in [3.8, 4) is 11.5 Å². The van der Waals surface area contributed by atoms with Gasteiger partial charge >= 0.3 is 16.4 Å². The van der Waals surface area contributed by atoms with Gasteiger partial charge in [-0.2, -0.15) is 13.5 Å². The van der Waals surface area contributed by atoms with Gasteiger partial charge in [0.2, 0.25) is 0 Å². The zero-order chi connectivity index (χ0) is 21.3. The van der Waals surface area contributed by atoms with Crippen LogP contribution in [0.3, 0.4) is 0 Å². The summed E-state index contributed by atoms with van der Waals surface area (Å²) in [7, 11) is -1.48. The van der Waals surface area contributed by atoms with Gasteiger partial charge in [0.25, 0.3) is 0 Å². The minimum Gasteiger partial charge on any atom is -0.497 e. The molecule has 0 saturated carbocycles. The third kappa shape index (κ3) is 8.03. The Labute approximate surface area is 162 Å². The van der Waals surface area contributed by atoms with Crippen molar-refractivity contribution in [2.45, 2.75) is 6.92 Å². The van der Waals surface area contributed by atoms with Gasteiger partial charge < -0.3 is 14.6 Å². The fourth-order valence-corrected chi connectivity index (χ4v) is 1.99. The summed E-state index contributed by atoms with van der Waals surface area (Å²) < 4.78 is 42.1. The molecule has 0 bridgehead atoms. The largest absolute Gasteiger partial charge is 0.497 e. The lowest BCUT2D eigenvalue weighted by Crippen LogP contribution is -2.03. The molecule has 0 aliphatic rings. The molecule has 0 saturated heterocycles. The van der Waals surface area contributed by atoms with E-state index >= 15 is 0 Å². The van der Waals surface area contributed by atoms with Crippen LogP contribution < -0.4 is 14.9 Å². The van der Waals surface area contributed by atoms with Crippen molar-refractivity contribution >= 4 is 27.8 Å². The average Bonchev–Trinajstić information content (AvgIpc) is 2.64. The van der Waals surface area contributed by atoms with E-state index in [0.717, 1.165) is 11.3 Å². The van der Waals surface area contributed by atoms with Crippen LogP contribution in [0.2, 0.25) is 0 Å². The van der Waals surface area contributed by atoms with Crippen molar-refractivity contribution in [2.75, 3.05) is 19.6 Å². The summed E-state index contributed by atoms with van der Waals surface area (Å²) in [6, 6.07) is 11.8. The van der Waals surface area contributed by atoms with Crippen molar-refractivity contribution in [1.82, 2.24) is 0 Å². The van der Waals surface area contributed by atoms with E-state index in [0.29, 0.717) is 17.2 Å². The third-order valence-electron chi connectivity index (χ3n) is 3.28. The summed E-state index contributed by atoms with van der Waals surface area (Å²) in [5.74, 6) is 0.406. The first-order valence-corrected chi connectivity index (χ1v) is 9.00. The van der Waals surface area contributed by atoms with Crippen molar-refractivity contribution in [1.29, 1.82) is 0 Å². The second-order valence-corrected chi connectivity index (χ2v) is 6.10. The zero-order valence-corrected chi connectivity index (χ0v) is 16.1. The maximum atomic E-state index is 10.8. The number of hydrogen-bond acceptors (Lipinski definition) is 7. The molecule has 0 spiro atoms. The minimum atomic E-state index is -4.67. The number of carboxylic acids is 1. The molecule has 0 heterocycles. The topological polar surface area (TPSA) is 155 Å². The van der Waals surface area contributed by atoms with E-state index in [1.807, 2.05) is 19.1 Å². The van der Waals surface area contributed by atoms with Gasteiger partial charge in [0.15, 0.2) is 0 Å². The molecule has 11 heteroatoms. The predicted molar refractivity (Wildman–Crippen MR) is 103 cm³/mol. The first kappa shape index (κ1) is 22.9. The molecular formula is C17H20N2O8S. The Morgan fingerprint density at radius 3 is 2.07 bits per heavy atom. The summed E-state index contributed by atoms with van der Waals surface area (Å²) in [6.07, 6.45) is 0. The summed E-state index contributed by atoms with van der Waals surface area (Å²) >= 11 is 0. The number of anilines is 1. The maximum absolute atomic E-state index is 10.8. The lowest BCUT2D eigenvalue weighted by molar-refractivity contribution is 0.0697. The van der Waals surface area contributed by atoms with E-state index in [4.69, 9.17) is 32.1 Å². The number of nitrogens with one attached hydrogen (secondary N) is 1. The van der Waals surface area contributed by atoms with Crippen LogP contribution in [-0.2, 0) is 10.4 Å². The molecule has 2 aromatic carbocycles. The fraction of sp³-hybridized carbons (Fsp3) is 0.176. The van der Waals surface area contributed by atoms with Crippen LogP contribution in [0.15, 0.2) is 47.6 Å². The van der Waals surface area contributed by atoms with E-state index < -0.39 is 16.4 Å². The van der Waals surface area contributed by atoms with E-state index in [2.05, 4.69) is 10.5 Å². The van der Waals surface area contributed by atoms with Crippen molar-refractivity contribution in [2.24, 2.45) is 5.10 Å². The van der Waals surface area contributed by atoms with Crippen molar-refractivity contribution in [3.63, 3.8) is 0 Å². The summed E-state index contributed by atoms with van der Waals surface area (Å²) in [6.45, 7) is 1.85. The second kappa shape index (κ2) is 10.3. The van der Waals surface area contributed by atoms with Gasteiger partial charge in [0.05, 0.1) is 31.2 Å². The number of hydrazone groups is 1. The molecule has 4 N–H and O–H groups in total. The molecule has 0 atom stereocenters. The third-order valence-corrected chi connectivity index (χ3v) is 3.28. The Bertz CT molecular complexity index is 932. The van der Waals surface area contributed by atoms with Crippen LogP contribution in [0.25, 0.3) is 0 Å². The molecule has 0 aliphatic heterocycles. The monoisotopic (exact) mass is 412 g/mol. The first-order chi connectivity index (χ1) is 13.0. The number of methoxy groups -OCH3 is 2. The zero-order valence-electron chi connectivity index (χ0n) is 15.3. The Morgan fingerprint density at radius 2 is 1.61 bits per heavy atom. The highest BCUT2D eigenvalue weighted by Crippen LogP contribution is 2.25. The molecular weight excluding hydrogens is 392 g/mol. The van der Waals surface area contributed by atoms with Crippen molar-refractivity contribution < 1.29 is 36.9 Å². The highest BCUT2D eigenvalue weighted by molar-refractivity contribution is 7.79. The number of rotatable bonds is 6. The number of benzene rings is 2. The van der Waals surface area contributed by atoms with E-state index in [9.17, 15) is 4.79 Å². The highest BCUT2D eigenvalue weighted by Gasteiger charge is 2.08. The van der Waals surface area contributed by atoms with Gasteiger partial charge in [0.1, 0.15) is 11.5 Å². The number of nitrogens with zero attached hydrogens (tertiary/aromatic N) is 1. The van der Waals surface area contributed by atoms with Crippen LogP contribution in [0.4, 0.5) is 5.69 Å². The van der Waals surface area contributed by atoms with Crippen LogP contribution >= 0.6 is 0 Å². The summed E-state index contributed by atoms with van der Waals surface area (Å²) in [4.78, 5) is 10.8. The second-order valence-electron chi connectivity index (χ2n) is 5.21. The summed E-state index contributed by atoms with van der Waals surface area (Å²) in [5.41, 5.74) is 5.39. The Morgan fingerprint density at radius 1 is 1.04 bits per heavy atom. The molecule has 152 valence electrons. The molecule has 2 aromatic rings. The molecule has 0 amide bonds. The highest BCUT2D eigenvalue weighted by atomic mass is 32.3. The number of hydrogen-bond donors (Lipinski definition) is 4. The first-order valence-electron chi connectivity index (χ1n) is 7.61. The van der Waals surface area contributed by atoms with Gasteiger partial charge in [-0.15, -0.1) is 0 Å². The average molecular weight is 412 g/mol. The fourth-order valence-electron chi connectivity index (χ4n) is 1.99.